The quantitative estimate of drug-likeness (QED) is 0.413. The molecule has 37 heavy (non-hydrogen) atoms. The lowest BCUT2D eigenvalue weighted by Gasteiger charge is -2.43. The van der Waals surface area contributed by atoms with Crippen molar-refractivity contribution in [2.24, 2.45) is 0 Å². The monoisotopic (exact) mass is 494 g/mol. The van der Waals surface area contributed by atoms with E-state index in [1.165, 1.54) is 0 Å². The van der Waals surface area contributed by atoms with E-state index in [0.29, 0.717) is 22.8 Å². The molecule has 1 atom stereocenters. The van der Waals surface area contributed by atoms with Crippen molar-refractivity contribution >= 4 is 17.5 Å². The van der Waals surface area contributed by atoms with E-state index in [9.17, 15) is 9.59 Å². The number of hydrogen-bond acceptors (Lipinski definition) is 4. The molecule has 188 valence electrons. The largest absolute Gasteiger partial charge is 0.496 e. The molecule has 2 amide bonds. The molecular formula is C30H30N4O3. The Hall–Kier alpha value is -4.39. The van der Waals surface area contributed by atoms with E-state index in [0.717, 1.165) is 22.3 Å². The molecule has 0 saturated heterocycles. The van der Waals surface area contributed by atoms with Crippen LogP contribution in [0.3, 0.4) is 0 Å². The smallest absolute Gasteiger partial charge is 0.277 e. The minimum Gasteiger partial charge on any atom is -0.496 e. The number of amides is 2. The standard InChI is InChI=1S/C30H30N4O3/c1-20-14-15-21(2)25(16-20)34-28(35)26-17-24(22-10-6-5-7-11-22)32-33(26)19-30(34,3)29(36)31-18-23-12-8-9-13-27(23)37-4/h5-17H,18-19H2,1-4H3,(H,31,36)/t30-/m0/s1. The third-order valence-corrected chi connectivity index (χ3v) is 6.95. The molecule has 0 fully saturated rings. The fraction of sp³-hybridized carbons (Fsp3) is 0.233. The Balaban J connectivity index is 1.57. The number of nitrogens with one attached hydrogen (secondary N) is 1. The zero-order valence-corrected chi connectivity index (χ0v) is 21.5. The molecule has 0 unspecified atom stereocenters. The summed E-state index contributed by atoms with van der Waals surface area (Å²) in [6, 6.07) is 25.0. The van der Waals surface area contributed by atoms with Crippen LogP contribution in [-0.4, -0.2) is 34.2 Å². The van der Waals surface area contributed by atoms with Crippen LogP contribution in [0.4, 0.5) is 5.69 Å². The Morgan fingerprint density at radius 1 is 1.03 bits per heavy atom. The van der Waals surface area contributed by atoms with Gasteiger partial charge >= 0.3 is 0 Å². The highest BCUT2D eigenvalue weighted by Gasteiger charge is 2.49. The van der Waals surface area contributed by atoms with Gasteiger partial charge in [-0.15, -0.1) is 0 Å². The topological polar surface area (TPSA) is 76.5 Å². The van der Waals surface area contributed by atoms with Crippen molar-refractivity contribution in [3.8, 4) is 17.0 Å². The van der Waals surface area contributed by atoms with Gasteiger partial charge in [0.05, 0.1) is 19.3 Å². The maximum absolute atomic E-state index is 14.1. The van der Waals surface area contributed by atoms with Crippen molar-refractivity contribution < 1.29 is 14.3 Å². The maximum Gasteiger partial charge on any atom is 0.277 e. The Bertz CT molecular complexity index is 1480. The summed E-state index contributed by atoms with van der Waals surface area (Å²) in [4.78, 5) is 29.6. The molecular weight excluding hydrogens is 464 g/mol. The molecule has 0 saturated carbocycles. The van der Waals surface area contributed by atoms with Crippen molar-refractivity contribution in [2.75, 3.05) is 12.0 Å². The van der Waals surface area contributed by atoms with Crippen LogP contribution >= 0.6 is 0 Å². The van der Waals surface area contributed by atoms with E-state index >= 15 is 0 Å². The highest BCUT2D eigenvalue weighted by atomic mass is 16.5. The van der Waals surface area contributed by atoms with Gasteiger partial charge in [-0.05, 0) is 50.1 Å². The molecule has 0 spiro atoms. The number of aryl methyl sites for hydroxylation is 2. The number of rotatable bonds is 6. The van der Waals surface area contributed by atoms with Gasteiger partial charge < -0.3 is 10.1 Å². The summed E-state index contributed by atoms with van der Waals surface area (Å²) in [5, 5.41) is 7.79. The highest BCUT2D eigenvalue weighted by Crippen LogP contribution is 2.36. The molecule has 5 rings (SSSR count). The zero-order valence-electron chi connectivity index (χ0n) is 21.5. The van der Waals surface area contributed by atoms with Crippen LogP contribution in [0.15, 0.2) is 78.9 Å². The summed E-state index contributed by atoms with van der Waals surface area (Å²) in [5.74, 6) is 0.167. The number of ether oxygens (including phenoxy) is 1. The fourth-order valence-corrected chi connectivity index (χ4v) is 4.88. The Morgan fingerprint density at radius 3 is 2.51 bits per heavy atom. The Labute approximate surface area is 216 Å². The number of carbonyl (C=O) groups excluding carboxylic acids is 2. The van der Waals surface area contributed by atoms with Crippen LogP contribution in [0.25, 0.3) is 11.3 Å². The lowest BCUT2D eigenvalue weighted by Crippen LogP contribution is -2.64. The van der Waals surface area contributed by atoms with Gasteiger partial charge in [0.1, 0.15) is 17.0 Å². The van der Waals surface area contributed by atoms with Crippen LogP contribution in [0.1, 0.15) is 34.1 Å². The summed E-state index contributed by atoms with van der Waals surface area (Å²) >= 11 is 0. The second-order valence-electron chi connectivity index (χ2n) is 9.64. The van der Waals surface area contributed by atoms with Crippen molar-refractivity contribution in [3.05, 3.63) is 101 Å². The molecule has 1 aliphatic rings. The van der Waals surface area contributed by atoms with Crippen LogP contribution in [-0.2, 0) is 17.9 Å². The van der Waals surface area contributed by atoms with E-state index in [2.05, 4.69) is 5.32 Å². The molecule has 0 aliphatic carbocycles. The number of carbonyl (C=O) groups is 2. The number of hydrogen-bond donors (Lipinski definition) is 1. The first-order valence-electron chi connectivity index (χ1n) is 12.3. The van der Waals surface area contributed by atoms with Gasteiger partial charge in [0.25, 0.3) is 5.91 Å². The van der Waals surface area contributed by atoms with Gasteiger partial charge in [0.2, 0.25) is 5.91 Å². The molecule has 0 radical (unpaired) electrons. The minimum absolute atomic E-state index is 0.214. The normalized spacial score (nSPS) is 16.9. The molecule has 3 aromatic carbocycles. The number of nitrogens with zero attached hydrogens (tertiary/aromatic N) is 3. The first-order chi connectivity index (χ1) is 17.8. The second-order valence-corrected chi connectivity index (χ2v) is 9.64. The second kappa shape index (κ2) is 9.58. The first kappa shape index (κ1) is 24.3. The van der Waals surface area contributed by atoms with Gasteiger partial charge in [-0.2, -0.15) is 5.10 Å². The fourth-order valence-electron chi connectivity index (χ4n) is 4.88. The maximum atomic E-state index is 14.1. The predicted molar refractivity (Wildman–Crippen MR) is 144 cm³/mol. The van der Waals surface area contributed by atoms with E-state index < -0.39 is 5.54 Å². The summed E-state index contributed by atoms with van der Waals surface area (Å²) in [7, 11) is 1.60. The van der Waals surface area contributed by atoms with Crippen molar-refractivity contribution in [1.29, 1.82) is 0 Å². The van der Waals surface area contributed by atoms with E-state index in [4.69, 9.17) is 9.84 Å². The number of aromatic nitrogens is 2. The average molecular weight is 495 g/mol. The average Bonchev–Trinajstić information content (AvgIpc) is 3.34. The Kier molecular flexibility index (Phi) is 6.29. The van der Waals surface area contributed by atoms with Gasteiger partial charge in [-0.1, -0.05) is 60.7 Å². The van der Waals surface area contributed by atoms with Crippen molar-refractivity contribution in [2.45, 2.75) is 39.4 Å². The van der Waals surface area contributed by atoms with Crippen LogP contribution < -0.4 is 15.0 Å². The van der Waals surface area contributed by atoms with Crippen molar-refractivity contribution in [1.82, 2.24) is 15.1 Å². The number of para-hydroxylation sites is 1. The highest BCUT2D eigenvalue weighted by molar-refractivity contribution is 6.12. The number of methoxy groups -OCH3 is 1. The van der Waals surface area contributed by atoms with Gasteiger partial charge in [0, 0.05) is 23.4 Å². The van der Waals surface area contributed by atoms with Gasteiger partial charge in [0.15, 0.2) is 0 Å². The number of benzene rings is 3. The summed E-state index contributed by atoms with van der Waals surface area (Å²) in [6.07, 6.45) is 0. The molecule has 1 aromatic heterocycles. The predicted octanol–water partition coefficient (Wildman–Crippen LogP) is 4.91. The Morgan fingerprint density at radius 2 is 1.76 bits per heavy atom. The third kappa shape index (κ3) is 4.37. The lowest BCUT2D eigenvalue weighted by molar-refractivity contribution is -0.126. The minimum atomic E-state index is -1.22. The lowest BCUT2D eigenvalue weighted by atomic mass is 9.92. The number of fused-ring (bicyclic) bond motifs is 1. The molecule has 1 aliphatic heterocycles. The molecule has 1 N–H and O–H groups in total. The van der Waals surface area contributed by atoms with E-state index in [-0.39, 0.29) is 24.9 Å². The zero-order chi connectivity index (χ0) is 26.2. The summed E-state index contributed by atoms with van der Waals surface area (Å²) < 4.78 is 7.11. The SMILES string of the molecule is COc1ccccc1CNC(=O)[C@]1(C)Cn2nc(-c3ccccc3)cc2C(=O)N1c1cc(C)ccc1C. The van der Waals surface area contributed by atoms with Gasteiger partial charge in [-0.25, -0.2) is 0 Å². The van der Waals surface area contributed by atoms with Crippen LogP contribution in [0.5, 0.6) is 5.75 Å². The third-order valence-electron chi connectivity index (χ3n) is 6.95. The molecule has 7 heteroatoms. The summed E-state index contributed by atoms with van der Waals surface area (Å²) in [5.41, 5.74) is 4.34. The van der Waals surface area contributed by atoms with Crippen LogP contribution in [0, 0.1) is 13.8 Å². The molecule has 4 aromatic rings. The van der Waals surface area contributed by atoms with Gasteiger partial charge in [-0.3, -0.25) is 19.2 Å². The van der Waals surface area contributed by atoms with E-state index in [1.54, 1.807) is 23.6 Å². The van der Waals surface area contributed by atoms with Crippen molar-refractivity contribution in [3.63, 3.8) is 0 Å². The summed E-state index contributed by atoms with van der Waals surface area (Å²) in [6.45, 7) is 6.22. The molecule has 7 nitrogen and oxygen atoms in total. The molecule has 0 bridgehead atoms. The van der Waals surface area contributed by atoms with E-state index in [1.807, 2.05) is 92.7 Å². The molecule has 2 heterocycles. The number of anilines is 1. The van der Waals surface area contributed by atoms with Crippen LogP contribution in [0.2, 0.25) is 0 Å². The first-order valence-corrected chi connectivity index (χ1v) is 12.3.